The van der Waals surface area contributed by atoms with Crippen molar-refractivity contribution in [1.29, 1.82) is 0 Å². The Morgan fingerprint density at radius 3 is 2.68 bits per heavy atom. The van der Waals surface area contributed by atoms with Crippen LogP contribution in [0.5, 0.6) is 0 Å². The predicted octanol–water partition coefficient (Wildman–Crippen LogP) is 3.29. The van der Waals surface area contributed by atoms with E-state index in [4.69, 9.17) is 10.3 Å². The Balaban J connectivity index is 2.23. The fraction of sp³-hybridized carbons (Fsp3) is 0.0667. The van der Waals surface area contributed by atoms with Crippen molar-refractivity contribution in [3.8, 4) is 22.4 Å². The third-order valence-corrected chi connectivity index (χ3v) is 3.07. The largest absolute Gasteiger partial charge is 0.367 e. The maximum atomic E-state index is 5.90. The molecule has 19 heavy (non-hydrogen) atoms. The maximum absolute atomic E-state index is 5.90. The average molecular weight is 251 g/mol. The summed E-state index contributed by atoms with van der Waals surface area (Å²) in [6.07, 6.45) is 3.48. The Morgan fingerprint density at radius 1 is 1.11 bits per heavy atom. The minimum Gasteiger partial charge on any atom is -0.367 e. The highest BCUT2D eigenvalue weighted by molar-refractivity contribution is 5.87. The first-order valence-corrected chi connectivity index (χ1v) is 5.99. The molecule has 0 radical (unpaired) electrons. The van der Waals surface area contributed by atoms with E-state index in [0.717, 1.165) is 27.9 Å². The lowest BCUT2D eigenvalue weighted by molar-refractivity contribution is 0.439. The molecule has 1 aromatic carbocycles. The number of anilines is 1. The van der Waals surface area contributed by atoms with Gasteiger partial charge in [0.05, 0.1) is 5.56 Å². The second-order valence-corrected chi connectivity index (χ2v) is 4.33. The first-order valence-electron chi connectivity index (χ1n) is 5.99. The molecular weight excluding hydrogens is 238 g/mol. The van der Waals surface area contributed by atoms with E-state index in [2.05, 4.69) is 10.1 Å². The standard InChI is InChI=1S/C15H13N3O/c1-10-5-2-3-7-12(10)14-13(15(16)19-18-14)11-6-4-8-17-9-11/h2-9H,16H2,1H3. The molecule has 4 nitrogen and oxygen atoms in total. The van der Waals surface area contributed by atoms with Crippen molar-refractivity contribution < 1.29 is 4.52 Å². The SMILES string of the molecule is Cc1ccccc1-c1noc(N)c1-c1cccnc1. The van der Waals surface area contributed by atoms with Crippen LogP contribution in [0, 0.1) is 6.92 Å². The fourth-order valence-corrected chi connectivity index (χ4v) is 2.11. The molecule has 0 amide bonds. The summed E-state index contributed by atoms with van der Waals surface area (Å²) in [5.41, 5.74) is 10.5. The van der Waals surface area contributed by atoms with Gasteiger partial charge in [-0.05, 0) is 18.6 Å². The lowest BCUT2D eigenvalue weighted by atomic mass is 9.99. The third-order valence-electron chi connectivity index (χ3n) is 3.07. The molecule has 2 N–H and O–H groups in total. The Hall–Kier alpha value is -2.62. The maximum Gasteiger partial charge on any atom is 0.230 e. The Kier molecular flexibility index (Phi) is 2.76. The lowest BCUT2D eigenvalue weighted by Gasteiger charge is -2.04. The van der Waals surface area contributed by atoms with Crippen molar-refractivity contribution in [2.75, 3.05) is 5.73 Å². The molecule has 0 aliphatic heterocycles. The van der Waals surface area contributed by atoms with Crippen molar-refractivity contribution in [3.63, 3.8) is 0 Å². The van der Waals surface area contributed by atoms with Crippen LogP contribution in [0.3, 0.4) is 0 Å². The number of hydrogen-bond donors (Lipinski definition) is 1. The van der Waals surface area contributed by atoms with E-state index in [1.165, 1.54) is 0 Å². The molecule has 0 bridgehead atoms. The van der Waals surface area contributed by atoms with Gasteiger partial charge in [-0.2, -0.15) is 0 Å². The highest BCUT2D eigenvalue weighted by Crippen LogP contribution is 2.36. The van der Waals surface area contributed by atoms with Gasteiger partial charge in [-0.3, -0.25) is 4.98 Å². The number of nitrogens with two attached hydrogens (primary N) is 1. The fourth-order valence-electron chi connectivity index (χ4n) is 2.11. The monoisotopic (exact) mass is 251 g/mol. The zero-order valence-electron chi connectivity index (χ0n) is 10.5. The van der Waals surface area contributed by atoms with Crippen molar-refractivity contribution in [3.05, 3.63) is 54.4 Å². The number of benzene rings is 1. The number of rotatable bonds is 2. The van der Waals surface area contributed by atoms with E-state index in [-0.39, 0.29) is 0 Å². The molecule has 3 aromatic rings. The van der Waals surface area contributed by atoms with E-state index >= 15 is 0 Å². The van der Waals surface area contributed by atoms with Crippen LogP contribution in [-0.4, -0.2) is 10.1 Å². The van der Waals surface area contributed by atoms with E-state index in [0.29, 0.717) is 5.88 Å². The summed E-state index contributed by atoms with van der Waals surface area (Å²) in [5, 5.41) is 4.10. The molecular formula is C15H13N3O. The second kappa shape index (κ2) is 4.57. The molecule has 0 atom stereocenters. The highest BCUT2D eigenvalue weighted by atomic mass is 16.5. The van der Waals surface area contributed by atoms with Gasteiger partial charge in [-0.15, -0.1) is 0 Å². The van der Waals surface area contributed by atoms with Gasteiger partial charge in [0, 0.05) is 23.5 Å². The van der Waals surface area contributed by atoms with Crippen LogP contribution in [0.25, 0.3) is 22.4 Å². The van der Waals surface area contributed by atoms with E-state index < -0.39 is 0 Å². The Morgan fingerprint density at radius 2 is 1.95 bits per heavy atom. The molecule has 4 heteroatoms. The minimum absolute atomic E-state index is 0.311. The summed E-state index contributed by atoms with van der Waals surface area (Å²) in [6, 6.07) is 11.8. The molecule has 0 spiro atoms. The molecule has 0 fully saturated rings. The number of aryl methyl sites for hydroxylation is 1. The molecule has 94 valence electrons. The zero-order valence-corrected chi connectivity index (χ0v) is 10.5. The Bertz CT molecular complexity index is 704. The van der Waals surface area contributed by atoms with E-state index in [9.17, 15) is 0 Å². The summed E-state index contributed by atoms with van der Waals surface area (Å²) in [6.45, 7) is 2.03. The van der Waals surface area contributed by atoms with Crippen molar-refractivity contribution in [1.82, 2.24) is 10.1 Å². The minimum atomic E-state index is 0.311. The van der Waals surface area contributed by atoms with Crippen LogP contribution in [-0.2, 0) is 0 Å². The topological polar surface area (TPSA) is 64.9 Å². The predicted molar refractivity (Wildman–Crippen MR) is 74.3 cm³/mol. The summed E-state index contributed by atoms with van der Waals surface area (Å²) >= 11 is 0. The second-order valence-electron chi connectivity index (χ2n) is 4.33. The molecule has 0 saturated carbocycles. The van der Waals surface area contributed by atoms with Gasteiger partial charge in [0.15, 0.2) is 0 Å². The molecule has 0 unspecified atom stereocenters. The van der Waals surface area contributed by atoms with Crippen LogP contribution in [0.4, 0.5) is 5.88 Å². The van der Waals surface area contributed by atoms with Crippen LogP contribution >= 0.6 is 0 Å². The average Bonchev–Trinajstić information content (AvgIpc) is 2.82. The third kappa shape index (κ3) is 1.97. The zero-order chi connectivity index (χ0) is 13.2. The van der Waals surface area contributed by atoms with Gasteiger partial charge in [0.25, 0.3) is 0 Å². The normalized spacial score (nSPS) is 10.6. The van der Waals surface area contributed by atoms with Crippen molar-refractivity contribution in [2.45, 2.75) is 6.92 Å². The summed E-state index contributed by atoms with van der Waals surface area (Å²) in [5.74, 6) is 0.311. The number of pyridine rings is 1. The van der Waals surface area contributed by atoms with Crippen molar-refractivity contribution >= 4 is 5.88 Å². The lowest BCUT2D eigenvalue weighted by Crippen LogP contribution is -1.89. The van der Waals surface area contributed by atoms with E-state index in [1.807, 2.05) is 43.3 Å². The van der Waals surface area contributed by atoms with E-state index in [1.54, 1.807) is 12.4 Å². The van der Waals surface area contributed by atoms with Gasteiger partial charge in [-0.25, -0.2) is 0 Å². The highest BCUT2D eigenvalue weighted by Gasteiger charge is 2.18. The molecule has 2 heterocycles. The molecule has 2 aromatic heterocycles. The number of hydrogen-bond acceptors (Lipinski definition) is 4. The molecule has 0 saturated heterocycles. The van der Waals surface area contributed by atoms with Crippen LogP contribution in [0.2, 0.25) is 0 Å². The quantitative estimate of drug-likeness (QED) is 0.759. The molecule has 0 aliphatic carbocycles. The van der Waals surface area contributed by atoms with Crippen LogP contribution in [0.15, 0.2) is 53.3 Å². The summed E-state index contributed by atoms with van der Waals surface area (Å²) in [7, 11) is 0. The van der Waals surface area contributed by atoms with Gasteiger partial charge < -0.3 is 10.3 Å². The summed E-state index contributed by atoms with van der Waals surface area (Å²) in [4.78, 5) is 4.11. The first-order chi connectivity index (χ1) is 9.27. The van der Waals surface area contributed by atoms with Gasteiger partial charge in [0.2, 0.25) is 5.88 Å². The number of aromatic nitrogens is 2. The van der Waals surface area contributed by atoms with Crippen molar-refractivity contribution in [2.24, 2.45) is 0 Å². The van der Waals surface area contributed by atoms with Crippen LogP contribution < -0.4 is 5.73 Å². The van der Waals surface area contributed by atoms with Gasteiger partial charge >= 0.3 is 0 Å². The molecule has 0 aliphatic rings. The van der Waals surface area contributed by atoms with Crippen LogP contribution in [0.1, 0.15) is 5.56 Å². The van der Waals surface area contributed by atoms with Gasteiger partial charge in [-0.1, -0.05) is 35.5 Å². The first kappa shape index (κ1) is 11.5. The smallest absolute Gasteiger partial charge is 0.230 e. The Labute approximate surface area is 110 Å². The summed E-state index contributed by atoms with van der Waals surface area (Å²) < 4.78 is 5.16. The molecule has 3 rings (SSSR count). The number of nitrogen functional groups attached to an aromatic ring is 1. The number of nitrogens with zero attached hydrogens (tertiary/aromatic N) is 2. The van der Waals surface area contributed by atoms with Gasteiger partial charge in [0.1, 0.15) is 5.69 Å².